The van der Waals surface area contributed by atoms with Gasteiger partial charge < -0.3 is 18.9 Å². The van der Waals surface area contributed by atoms with Crippen LogP contribution < -0.4 is 0 Å². The summed E-state index contributed by atoms with van der Waals surface area (Å²) in [4.78, 5) is 39.3. The lowest BCUT2D eigenvalue weighted by molar-refractivity contribution is -0.134. The van der Waals surface area contributed by atoms with E-state index in [1.165, 1.54) is 0 Å². The third-order valence-electron chi connectivity index (χ3n) is 4.59. The molecule has 0 aliphatic rings. The zero-order valence-corrected chi connectivity index (χ0v) is 17.5. The molecule has 0 N–H and O–H groups in total. The molecule has 0 atom stereocenters. The third kappa shape index (κ3) is 5.42. The Morgan fingerprint density at radius 3 is 2.33 bits per heavy atom. The van der Waals surface area contributed by atoms with Gasteiger partial charge in [-0.05, 0) is 32.8 Å². The highest BCUT2D eigenvalue weighted by Gasteiger charge is 2.28. The molecule has 7 nitrogen and oxygen atoms in total. The van der Waals surface area contributed by atoms with Crippen molar-refractivity contribution in [2.45, 2.75) is 41.0 Å². The van der Waals surface area contributed by atoms with Crippen molar-refractivity contribution in [2.75, 3.05) is 33.4 Å². The van der Waals surface area contributed by atoms with Crippen LogP contribution in [0.25, 0.3) is 0 Å². The molecule has 1 amide bonds. The van der Waals surface area contributed by atoms with Gasteiger partial charge in [-0.3, -0.25) is 9.59 Å². The molecule has 1 rings (SSSR count). The fraction of sp³-hybridized carbons (Fsp3) is 0.650. The quantitative estimate of drug-likeness (QED) is 0.354. The molecule has 0 spiro atoms. The predicted molar refractivity (Wildman–Crippen MR) is 103 cm³/mol. The van der Waals surface area contributed by atoms with Gasteiger partial charge in [0.2, 0.25) is 5.91 Å². The Morgan fingerprint density at radius 2 is 1.81 bits per heavy atom. The van der Waals surface area contributed by atoms with Crippen molar-refractivity contribution in [1.29, 1.82) is 0 Å². The molecule has 0 saturated carbocycles. The molecular weight excluding hydrogens is 348 g/mol. The maximum absolute atomic E-state index is 13.0. The van der Waals surface area contributed by atoms with E-state index in [9.17, 15) is 14.4 Å². The maximum atomic E-state index is 13.0. The van der Waals surface area contributed by atoms with Gasteiger partial charge in [-0.15, -0.1) is 0 Å². The van der Waals surface area contributed by atoms with Crippen molar-refractivity contribution < 1.29 is 23.9 Å². The van der Waals surface area contributed by atoms with Gasteiger partial charge >= 0.3 is 5.97 Å². The molecule has 0 aliphatic heterocycles. The molecule has 1 aromatic rings. The maximum Gasteiger partial charge on any atom is 0.355 e. The number of methoxy groups -OCH3 is 1. The number of amides is 1. The van der Waals surface area contributed by atoms with Gasteiger partial charge in [-0.2, -0.15) is 0 Å². The zero-order chi connectivity index (χ0) is 20.7. The molecule has 0 unspecified atom stereocenters. The van der Waals surface area contributed by atoms with Crippen LogP contribution in [0.3, 0.4) is 0 Å². The van der Waals surface area contributed by atoms with Crippen LogP contribution in [0.15, 0.2) is 0 Å². The highest BCUT2D eigenvalue weighted by Crippen LogP contribution is 2.23. The number of carbonyl (C=O) groups is 3. The number of hydrogen-bond donors (Lipinski definition) is 0. The highest BCUT2D eigenvalue weighted by molar-refractivity contribution is 6.04. The van der Waals surface area contributed by atoms with Crippen molar-refractivity contribution in [3.63, 3.8) is 0 Å². The second-order valence-electron chi connectivity index (χ2n) is 6.90. The van der Waals surface area contributed by atoms with Gasteiger partial charge in [-0.1, -0.05) is 13.8 Å². The summed E-state index contributed by atoms with van der Waals surface area (Å²) in [6, 6.07) is 0. The number of aromatic nitrogens is 1. The molecule has 27 heavy (non-hydrogen) atoms. The summed E-state index contributed by atoms with van der Waals surface area (Å²) in [5.41, 5.74) is 2.13. The molecule has 0 radical (unpaired) electrons. The van der Waals surface area contributed by atoms with E-state index in [1.54, 1.807) is 44.4 Å². The Morgan fingerprint density at radius 1 is 1.19 bits per heavy atom. The number of ether oxygens (including phenoxy) is 2. The number of hydrogen-bond acceptors (Lipinski definition) is 5. The monoisotopic (exact) mass is 380 g/mol. The standard InChI is InChI=1S/C20H32N2O5/c1-8-27-20(25)18-14(4)17(15(5)21(18)6)16(23)12-22(10-9-11-26-7)19(24)13(2)3/h13H,8-12H2,1-7H3. The second-order valence-corrected chi connectivity index (χ2v) is 6.90. The smallest absolute Gasteiger partial charge is 0.355 e. The predicted octanol–water partition coefficient (Wildman–Crippen LogP) is 2.52. The van der Waals surface area contributed by atoms with E-state index < -0.39 is 5.97 Å². The first kappa shape index (κ1) is 22.9. The van der Waals surface area contributed by atoms with E-state index in [2.05, 4.69) is 0 Å². The molecule has 0 fully saturated rings. The van der Waals surface area contributed by atoms with Gasteiger partial charge in [0, 0.05) is 44.5 Å². The lowest BCUT2D eigenvalue weighted by Gasteiger charge is -2.24. The molecule has 7 heteroatoms. The molecule has 0 aliphatic carbocycles. The van der Waals surface area contributed by atoms with Crippen LogP contribution in [0.2, 0.25) is 0 Å². The number of rotatable bonds is 10. The van der Waals surface area contributed by atoms with Crippen LogP contribution in [-0.4, -0.2) is 60.5 Å². The van der Waals surface area contributed by atoms with Crippen molar-refractivity contribution in [3.8, 4) is 0 Å². The first-order chi connectivity index (χ1) is 12.7. The number of carbonyl (C=O) groups excluding carboxylic acids is 3. The minimum atomic E-state index is -0.449. The summed E-state index contributed by atoms with van der Waals surface area (Å²) in [5, 5.41) is 0. The van der Waals surface area contributed by atoms with E-state index in [0.717, 1.165) is 0 Å². The summed E-state index contributed by atoms with van der Waals surface area (Å²) in [6.07, 6.45) is 0.656. The SMILES string of the molecule is CCOC(=O)c1c(C)c(C(=O)CN(CCCOC)C(=O)C(C)C)c(C)n1C. The number of esters is 1. The molecule has 0 aromatic carbocycles. The molecule has 0 bridgehead atoms. The van der Waals surface area contributed by atoms with E-state index in [0.29, 0.717) is 42.1 Å². The van der Waals surface area contributed by atoms with Gasteiger partial charge in [-0.25, -0.2) is 4.79 Å². The molecule has 1 heterocycles. The second kappa shape index (κ2) is 10.3. The van der Waals surface area contributed by atoms with Crippen LogP contribution >= 0.6 is 0 Å². The Labute approximate surface area is 161 Å². The summed E-state index contributed by atoms with van der Waals surface area (Å²) >= 11 is 0. The minimum absolute atomic E-state index is 0.0192. The lowest BCUT2D eigenvalue weighted by Crippen LogP contribution is -2.39. The van der Waals surface area contributed by atoms with Crippen LogP contribution in [0.5, 0.6) is 0 Å². The number of Topliss-reactive ketones (excluding diaryl/α,β-unsaturated/α-hetero) is 1. The molecule has 0 saturated heterocycles. The van der Waals surface area contributed by atoms with Crippen molar-refractivity contribution in [3.05, 3.63) is 22.5 Å². The van der Waals surface area contributed by atoms with Gasteiger partial charge in [0.15, 0.2) is 5.78 Å². The van der Waals surface area contributed by atoms with Crippen LogP contribution in [0, 0.1) is 19.8 Å². The lowest BCUT2D eigenvalue weighted by atomic mass is 10.0. The van der Waals surface area contributed by atoms with Crippen LogP contribution in [0.4, 0.5) is 0 Å². The minimum Gasteiger partial charge on any atom is -0.461 e. The highest BCUT2D eigenvalue weighted by atomic mass is 16.5. The van der Waals surface area contributed by atoms with E-state index in [1.807, 2.05) is 13.8 Å². The van der Waals surface area contributed by atoms with Crippen molar-refractivity contribution in [1.82, 2.24) is 9.47 Å². The summed E-state index contributed by atoms with van der Waals surface area (Å²) < 4.78 is 11.8. The Hall–Kier alpha value is -2.15. The first-order valence-electron chi connectivity index (χ1n) is 9.31. The van der Waals surface area contributed by atoms with Gasteiger partial charge in [0.1, 0.15) is 5.69 Å². The Kier molecular flexibility index (Phi) is 8.69. The van der Waals surface area contributed by atoms with Crippen molar-refractivity contribution >= 4 is 17.7 Å². The summed E-state index contributed by atoms with van der Waals surface area (Å²) in [5.74, 6) is -0.901. The van der Waals surface area contributed by atoms with E-state index in [-0.39, 0.29) is 30.8 Å². The molecular formula is C20H32N2O5. The van der Waals surface area contributed by atoms with Crippen molar-refractivity contribution in [2.24, 2.45) is 13.0 Å². The van der Waals surface area contributed by atoms with E-state index >= 15 is 0 Å². The first-order valence-corrected chi connectivity index (χ1v) is 9.31. The molecule has 152 valence electrons. The number of nitrogens with zero attached hydrogens (tertiary/aromatic N) is 2. The average molecular weight is 380 g/mol. The average Bonchev–Trinajstić information content (AvgIpc) is 2.82. The van der Waals surface area contributed by atoms with Gasteiger partial charge in [0.05, 0.1) is 13.2 Å². The van der Waals surface area contributed by atoms with Crippen LogP contribution in [-0.2, 0) is 21.3 Å². The topological polar surface area (TPSA) is 77.8 Å². The fourth-order valence-electron chi connectivity index (χ4n) is 3.16. The summed E-state index contributed by atoms with van der Waals surface area (Å²) in [6.45, 7) is 10.1. The molecule has 1 aromatic heterocycles. The van der Waals surface area contributed by atoms with Gasteiger partial charge in [0.25, 0.3) is 0 Å². The largest absolute Gasteiger partial charge is 0.461 e. The zero-order valence-electron chi connectivity index (χ0n) is 17.5. The normalized spacial score (nSPS) is 11.0. The third-order valence-corrected chi connectivity index (χ3v) is 4.59. The number of ketones is 1. The van der Waals surface area contributed by atoms with E-state index in [4.69, 9.17) is 9.47 Å². The fourth-order valence-corrected chi connectivity index (χ4v) is 3.16. The summed E-state index contributed by atoms with van der Waals surface area (Å²) in [7, 11) is 3.34. The Bertz CT molecular complexity index is 691. The van der Waals surface area contributed by atoms with Crippen LogP contribution in [0.1, 0.15) is 59.3 Å². The Balaban J connectivity index is 3.13.